The minimum atomic E-state index is -0.00510. The van der Waals surface area contributed by atoms with Gasteiger partial charge in [0.1, 0.15) is 0 Å². The zero-order valence-corrected chi connectivity index (χ0v) is 12.5. The van der Waals surface area contributed by atoms with Gasteiger partial charge in [0, 0.05) is 24.2 Å². The molecule has 3 N–H and O–H groups in total. The second-order valence-corrected chi connectivity index (χ2v) is 5.63. The first-order valence-electron chi connectivity index (χ1n) is 7.48. The van der Waals surface area contributed by atoms with Crippen LogP contribution in [0.1, 0.15) is 54.4 Å². The van der Waals surface area contributed by atoms with Gasteiger partial charge in [-0.25, -0.2) is 0 Å². The van der Waals surface area contributed by atoms with Crippen LogP contribution in [0.5, 0.6) is 0 Å². The summed E-state index contributed by atoms with van der Waals surface area (Å²) in [5.41, 5.74) is 6.71. The minimum absolute atomic E-state index is 0.00510. The number of rotatable bonds is 3. The molecule has 21 heavy (non-hydrogen) atoms. The zero-order chi connectivity index (χ0) is 15.2. The largest absolute Gasteiger partial charge is 0.409 e. The number of nitrogens with zero attached hydrogens (tertiary/aromatic N) is 2. The van der Waals surface area contributed by atoms with E-state index >= 15 is 0 Å². The number of hydrogen-bond donors (Lipinski definition) is 2. The van der Waals surface area contributed by atoms with E-state index in [1.54, 1.807) is 24.3 Å². The van der Waals surface area contributed by atoms with E-state index in [0.717, 1.165) is 12.8 Å². The van der Waals surface area contributed by atoms with Gasteiger partial charge in [-0.3, -0.25) is 4.79 Å². The van der Waals surface area contributed by atoms with Gasteiger partial charge in [-0.2, -0.15) is 0 Å². The summed E-state index contributed by atoms with van der Waals surface area (Å²) in [6, 6.07) is 7.22. The Bertz CT molecular complexity index is 520. The SMILES string of the molecule is CN(C(=O)c1cccc(/C(N)=N/O)c1)C1CCCCCC1. The second kappa shape index (κ2) is 7.11. The van der Waals surface area contributed by atoms with E-state index in [4.69, 9.17) is 10.9 Å². The lowest BCUT2D eigenvalue weighted by Gasteiger charge is -2.27. The van der Waals surface area contributed by atoms with Crippen LogP contribution in [0.15, 0.2) is 29.4 Å². The quantitative estimate of drug-likeness (QED) is 0.295. The van der Waals surface area contributed by atoms with E-state index in [9.17, 15) is 4.79 Å². The summed E-state index contributed by atoms with van der Waals surface area (Å²) >= 11 is 0. The molecule has 5 heteroatoms. The second-order valence-electron chi connectivity index (χ2n) is 5.63. The van der Waals surface area contributed by atoms with Crippen LogP contribution in [0.3, 0.4) is 0 Å². The van der Waals surface area contributed by atoms with Crippen molar-refractivity contribution in [3.05, 3.63) is 35.4 Å². The first kappa shape index (κ1) is 15.4. The maximum atomic E-state index is 12.6. The molecule has 1 fully saturated rings. The Labute approximate surface area is 125 Å². The van der Waals surface area contributed by atoms with Crippen molar-refractivity contribution in [3.8, 4) is 0 Å². The molecule has 1 amide bonds. The number of amidine groups is 1. The molecule has 0 radical (unpaired) electrons. The van der Waals surface area contributed by atoms with E-state index in [-0.39, 0.29) is 11.7 Å². The van der Waals surface area contributed by atoms with Crippen molar-refractivity contribution < 1.29 is 10.0 Å². The molecule has 0 saturated heterocycles. The molecule has 0 heterocycles. The maximum Gasteiger partial charge on any atom is 0.253 e. The Hall–Kier alpha value is -2.04. The molecule has 1 aliphatic rings. The van der Waals surface area contributed by atoms with Crippen LogP contribution in [-0.4, -0.2) is 34.9 Å². The summed E-state index contributed by atoms with van der Waals surface area (Å²) in [6.45, 7) is 0. The number of oxime groups is 1. The van der Waals surface area contributed by atoms with E-state index < -0.39 is 0 Å². The third-order valence-corrected chi connectivity index (χ3v) is 4.21. The normalized spacial score (nSPS) is 17.3. The van der Waals surface area contributed by atoms with E-state index in [1.165, 1.54) is 25.7 Å². The highest BCUT2D eigenvalue weighted by atomic mass is 16.4. The molecule has 114 valence electrons. The van der Waals surface area contributed by atoms with Crippen molar-refractivity contribution in [2.24, 2.45) is 10.9 Å². The fraction of sp³-hybridized carbons (Fsp3) is 0.500. The summed E-state index contributed by atoms with van der Waals surface area (Å²) in [7, 11) is 1.87. The molecule has 0 bridgehead atoms. The van der Waals surface area contributed by atoms with Gasteiger partial charge in [0.2, 0.25) is 0 Å². The van der Waals surface area contributed by atoms with Crippen LogP contribution in [0.2, 0.25) is 0 Å². The molecule has 0 atom stereocenters. The fourth-order valence-electron chi connectivity index (χ4n) is 2.88. The molecule has 0 unspecified atom stereocenters. The van der Waals surface area contributed by atoms with Crippen LogP contribution in [0, 0.1) is 0 Å². The zero-order valence-electron chi connectivity index (χ0n) is 12.5. The van der Waals surface area contributed by atoms with Crippen LogP contribution in [-0.2, 0) is 0 Å². The van der Waals surface area contributed by atoms with Crippen molar-refractivity contribution in [2.45, 2.75) is 44.6 Å². The van der Waals surface area contributed by atoms with E-state index in [0.29, 0.717) is 17.2 Å². The van der Waals surface area contributed by atoms with Gasteiger partial charge in [-0.15, -0.1) is 0 Å². The molecule has 0 spiro atoms. The molecule has 0 aliphatic heterocycles. The highest BCUT2D eigenvalue weighted by molar-refractivity contribution is 6.01. The molecular formula is C16H23N3O2. The van der Waals surface area contributed by atoms with Crippen molar-refractivity contribution in [1.82, 2.24) is 4.90 Å². The summed E-state index contributed by atoms with van der Waals surface area (Å²) in [5, 5.41) is 11.7. The number of carbonyl (C=O) groups is 1. The lowest BCUT2D eigenvalue weighted by atomic mass is 10.0. The minimum Gasteiger partial charge on any atom is -0.409 e. The average Bonchev–Trinajstić information content (AvgIpc) is 2.82. The first-order valence-corrected chi connectivity index (χ1v) is 7.48. The third kappa shape index (κ3) is 3.74. The van der Waals surface area contributed by atoms with Gasteiger partial charge in [0.15, 0.2) is 5.84 Å². The van der Waals surface area contributed by atoms with Crippen LogP contribution in [0.25, 0.3) is 0 Å². The number of benzene rings is 1. The van der Waals surface area contributed by atoms with Gasteiger partial charge in [-0.1, -0.05) is 43.0 Å². The molecule has 2 rings (SSSR count). The number of amides is 1. The van der Waals surface area contributed by atoms with Crippen molar-refractivity contribution in [3.63, 3.8) is 0 Å². The van der Waals surface area contributed by atoms with Gasteiger partial charge in [0.05, 0.1) is 0 Å². The Morgan fingerprint density at radius 3 is 2.48 bits per heavy atom. The van der Waals surface area contributed by atoms with Gasteiger partial charge >= 0.3 is 0 Å². The molecule has 1 saturated carbocycles. The number of nitrogens with two attached hydrogens (primary N) is 1. The molecular weight excluding hydrogens is 266 g/mol. The van der Waals surface area contributed by atoms with Crippen molar-refractivity contribution >= 4 is 11.7 Å². The maximum absolute atomic E-state index is 12.6. The summed E-state index contributed by atoms with van der Waals surface area (Å²) in [5.74, 6) is 0.0104. The highest BCUT2D eigenvalue weighted by Crippen LogP contribution is 2.22. The number of hydrogen-bond acceptors (Lipinski definition) is 3. The lowest BCUT2D eigenvalue weighted by molar-refractivity contribution is 0.0717. The predicted molar refractivity (Wildman–Crippen MR) is 82.5 cm³/mol. The van der Waals surface area contributed by atoms with E-state index in [1.807, 2.05) is 11.9 Å². The Kier molecular flexibility index (Phi) is 5.20. The molecule has 1 aliphatic carbocycles. The lowest BCUT2D eigenvalue weighted by Crippen LogP contribution is -2.36. The van der Waals surface area contributed by atoms with Gasteiger partial charge in [0.25, 0.3) is 5.91 Å². The van der Waals surface area contributed by atoms with Crippen LogP contribution in [0.4, 0.5) is 0 Å². The van der Waals surface area contributed by atoms with Gasteiger partial charge < -0.3 is 15.8 Å². The standard InChI is InChI=1S/C16H23N3O2/c1-19(14-9-4-2-3-5-10-14)16(20)13-8-6-7-12(11-13)15(17)18-21/h6-8,11,14,21H,2-5,9-10H2,1H3,(H2,17,18). The Morgan fingerprint density at radius 1 is 1.24 bits per heavy atom. The number of carbonyl (C=O) groups excluding carboxylic acids is 1. The molecule has 1 aromatic carbocycles. The van der Waals surface area contributed by atoms with Crippen molar-refractivity contribution in [1.29, 1.82) is 0 Å². The molecule has 1 aromatic rings. The summed E-state index contributed by atoms with van der Waals surface area (Å²) < 4.78 is 0. The first-order chi connectivity index (χ1) is 10.1. The smallest absolute Gasteiger partial charge is 0.253 e. The Morgan fingerprint density at radius 2 is 1.86 bits per heavy atom. The fourth-order valence-corrected chi connectivity index (χ4v) is 2.88. The van der Waals surface area contributed by atoms with E-state index in [2.05, 4.69) is 5.16 Å². The summed E-state index contributed by atoms with van der Waals surface area (Å²) in [4.78, 5) is 14.4. The molecule has 0 aromatic heterocycles. The summed E-state index contributed by atoms with van der Waals surface area (Å²) in [6.07, 6.45) is 7.04. The van der Waals surface area contributed by atoms with Crippen LogP contribution < -0.4 is 5.73 Å². The monoisotopic (exact) mass is 289 g/mol. The van der Waals surface area contributed by atoms with Crippen LogP contribution >= 0.6 is 0 Å². The third-order valence-electron chi connectivity index (χ3n) is 4.21. The van der Waals surface area contributed by atoms with Gasteiger partial charge in [-0.05, 0) is 25.0 Å². The average molecular weight is 289 g/mol. The molecule has 5 nitrogen and oxygen atoms in total. The highest BCUT2D eigenvalue weighted by Gasteiger charge is 2.22. The Balaban J connectivity index is 2.15. The van der Waals surface area contributed by atoms with Crippen molar-refractivity contribution in [2.75, 3.05) is 7.05 Å². The topological polar surface area (TPSA) is 78.9 Å². The predicted octanol–water partition coefficient (Wildman–Crippen LogP) is 2.58.